The third kappa shape index (κ3) is 5.20. The molecule has 0 aliphatic carbocycles. The molecule has 32 heavy (non-hydrogen) atoms. The van der Waals surface area contributed by atoms with Gasteiger partial charge in [0.1, 0.15) is 29.5 Å². The van der Waals surface area contributed by atoms with E-state index in [1.165, 1.54) is 12.0 Å². The van der Waals surface area contributed by atoms with Crippen LogP contribution in [0.4, 0.5) is 28.7 Å². The number of hydrogen-bond donors (Lipinski definition) is 2. The van der Waals surface area contributed by atoms with Crippen molar-refractivity contribution in [3.8, 4) is 11.5 Å². The summed E-state index contributed by atoms with van der Waals surface area (Å²) in [6.07, 6.45) is 1.53. The fourth-order valence-electron chi connectivity index (χ4n) is 3.76. The average Bonchev–Trinajstić information content (AvgIpc) is 2.85. The smallest absolute Gasteiger partial charge is 0.146 e. The first kappa shape index (κ1) is 21.7. The van der Waals surface area contributed by atoms with Crippen molar-refractivity contribution in [3.05, 3.63) is 54.9 Å². The first-order valence-electron chi connectivity index (χ1n) is 10.8. The summed E-state index contributed by atoms with van der Waals surface area (Å²) in [7, 11) is 3.25. The second-order valence-electron chi connectivity index (χ2n) is 7.57. The van der Waals surface area contributed by atoms with Crippen LogP contribution in [0.3, 0.4) is 0 Å². The molecule has 0 spiro atoms. The van der Waals surface area contributed by atoms with E-state index in [1.54, 1.807) is 14.2 Å². The number of piperazine rings is 1. The summed E-state index contributed by atoms with van der Waals surface area (Å²) >= 11 is 0. The molecule has 0 unspecified atom stereocenters. The molecule has 2 N–H and O–H groups in total. The third-order valence-electron chi connectivity index (χ3n) is 5.66. The predicted octanol–water partition coefficient (Wildman–Crippen LogP) is 4.12. The number of ether oxygens (including phenoxy) is 2. The van der Waals surface area contributed by atoms with Gasteiger partial charge in [-0.05, 0) is 42.9 Å². The van der Waals surface area contributed by atoms with Crippen LogP contribution in [0.5, 0.6) is 11.5 Å². The Morgan fingerprint density at radius 3 is 2.22 bits per heavy atom. The number of nitrogens with zero attached hydrogens (tertiary/aromatic N) is 4. The van der Waals surface area contributed by atoms with E-state index >= 15 is 0 Å². The maximum atomic E-state index is 5.45. The normalized spacial score (nSPS) is 14.2. The Morgan fingerprint density at radius 1 is 0.844 bits per heavy atom. The topological polar surface area (TPSA) is 74.8 Å². The lowest BCUT2D eigenvalue weighted by molar-refractivity contribution is 0.271. The molecule has 0 atom stereocenters. The van der Waals surface area contributed by atoms with Crippen LogP contribution in [-0.2, 0) is 0 Å². The summed E-state index contributed by atoms with van der Waals surface area (Å²) in [6, 6.07) is 15.9. The van der Waals surface area contributed by atoms with Crippen molar-refractivity contribution in [2.75, 3.05) is 62.5 Å². The minimum absolute atomic E-state index is 0.663. The van der Waals surface area contributed by atoms with Crippen molar-refractivity contribution in [2.24, 2.45) is 0 Å². The van der Waals surface area contributed by atoms with E-state index in [0.29, 0.717) is 17.4 Å². The third-order valence-corrected chi connectivity index (χ3v) is 5.66. The molecule has 1 aliphatic heterocycles. The molecule has 4 rings (SSSR count). The Balaban J connectivity index is 1.41. The Labute approximate surface area is 189 Å². The van der Waals surface area contributed by atoms with Gasteiger partial charge in [0.25, 0.3) is 0 Å². The fourth-order valence-corrected chi connectivity index (χ4v) is 3.76. The zero-order valence-electron chi connectivity index (χ0n) is 18.8. The van der Waals surface area contributed by atoms with Crippen LogP contribution < -0.4 is 25.0 Å². The number of methoxy groups -OCH3 is 2. The molecule has 0 radical (unpaired) electrons. The maximum Gasteiger partial charge on any atom is 0.146 e. The second kappa shape index (κ2) is 10.2. The summed E-state index contributed by atoms with van der Waals surface area (Å²) in [4.78, 5) is 13.6. The monoisotopic (exact) mass is 434 g/mol. The van der Waals surface area contributed by atoms with Gasteiger partial charge in [-0.25, -0.2) is 9.97 Å². The second-order valence-corrected chi connectivity index (χ2v) is 7.57. The number of benzene rings is 2. The maximum absolute atomic E-state index is 5.45. The fraction of sp³-hybridized carbons (Fsp3) is 0.333. The van der Waals surface area contributed by atoms with Gasteiger partial charge in [0, 0.05) is 49.7 Å². The van der Waals surface area contributed by atoms with E-state index in [0.717, 1.165) is 49.8 Å². The van der Waals surface area contributed by atoms with E-state index in [1.807, 2.05) is 24.3 Å². The molecule has 1 aliphatic rings. The Kier molecular flexibility index (Phi) is 6.91. The quantitative estimate of drug-likeness (QED) is 0.548. The van der Waals surface area contributed by atoms with Crippen molar-refractivity contribution in [2.45, 2.75) is 6.92 Å². The van der Waals surface area contributed by atoms with E-state index in [4.69, 9.17) is 9.47 Å². The summed E-state index contributed by atoms with van der Waals surface area (Å²) in [6.45, 7) is 7.71. The van der Waals surface area contributed by atoms with Crippen molar-refractivity contribution in [1.29, 1.82) is 0 Å². The lowest BCUT2D eigenvalue weighted by Crippen LogP contribution is -2.46. The zero-order chi connectivity index (χ0) is 22.3. The molecule has 1 aromatic heterocycles. The van der Waals surface area contributed by atoms with E-state index < -0.39 is 0 Å². The van der Waals surface area contributed by atoms with Crippen LogP contribution in [0, 0.1) is 0 Å². The van der Waals surface area contributed by atoms with Crippen LogP contribution >= 0.6 is 0 Å². The number of rotatable bonds is 8. The van der Waals surface area contributed by atoms with Gasteiger partial charge >= 0.3 is 0 Å². The summed E-state index contributed by atoms with van der Waals surface area (Å²) in [5, 5.41) is 6.63. The highest BCUT2D eigenvalue weighted by molar-refractivity contribution is 5.68. The van der Waals surface area contributed by atoms with Crippen LogP contribution in [0.1, 0.15) is 6.92 Å². The Morgan fingerprint density at radius 2 is 1.56 bits per heavy atom. The number of hydrogen-bond acceptors (Lipinski definition) is 8. The molecule has 2 heterocycles. The highest BCUT2D eigenvalue weighted by atomic mass is 16.5. The van der Waals surface area contributed by atoms with Crippen LogP contribution in [0.25, 0.3) is 0 Å². The molecule has 0 saturated carbocycles. The van der Waals surface area contributed by atoms with E-state index in [9.17, 15) is 0 Å². The van der Waals surface area contributed by atoms with Gasteiger partial charge in [0.15, 0.2) is 0 Å². The number of aromatic nitrogens is 2. The first-order valence-corrected chi connectivity index (χ1v) is 10.8. The molecular formula is C24H30N6O2. The number of anilines is 5. The van der Waals surface area contributed by atoms with Gasteiger partial charge in [-0.2, -0.15) is 0 Å². The van der Waals surface area contributed by atoms with Crippen molar-refractivity contribution < 1.29 is 9.47 Å². The molecule has 168 valence electrons. The molecule has 2 aromatic carbocycles. The lowest BCUT2D eigenvalue weighted by atomic mass is 10.2. The van der Waals surface area contributed by atoms with Crippen molar-refractivity contribution in [3.63, 3.8) is 0 Å². The lowest BCUT2D eigenvalue weighted by Gasteiger charge is -2.35. The molecule has 8 heteroatoms. The van der Waals surface area contributed by atoms with Crippen molar-refractivity contribution >= 4 is 28.7 Å². The SMILES string of the molecule is CCN1CCN(c2ccc(Nc3cc(Nc4ccc(OC)cc4OC)ncn3)cc2)CC1. The van der Waals surface area contributed by atoms with Crippen LogP contribution in [-0.4, -0.2) is 61.8 Å². The standard InChI is InChI=1S/C24H30N6O2/c1-4-29-11-13-30(14-12-29)19-7-5-18(6-8-19)27-23-16-24(26-17-25-23)28-21-10-9-20(31-2)15-22(21)32-3/h5-10,15-17H,4,11-14H2,1-3H3,(H2,25,26,27,28). The molecular weight excluding hydrogens is 404 g/mol. The largest absolute Gasteiger partial charge is 0.497 e. The molecule has 1 fully saturated rings. The highest BCUT2D eigenvalue weighted by Gasteiger charge is 2.15. The van der Waals surface area contributed by atoms with Crippen LogP contribution in [0.2, 0.25) is 0 Å². The number of likely N-dealkylation sites (N-methyl/N-ethyl adjacent to an activating group) is 1. The summed E-state index contributed by atoms with van der Waals surface area (Å²) in [5.74, 6) is 2.77. The van der Waals surface area contributed by atoms with Crippen LogP contribution in [0.15, 0.2) is 54.9 Å². The zero-order valence-corrected chi connectivity index (χ0v) is 18.8. The minimum atomic E-state index is 0.663. The van der Waals surface area contributed by atoms with E-state index in [2.05, 4.69) is 61.6 Å². The molecule has 1 saturated heterocycles. The Hall–Kier alpha value is -3.52. The van der Waals surface area contributed by atoms with Gasteiger partial charge in [-0.1, -0.05) is 6.92 Å². The van der Waals surface area contributed by atoms with Gasteiger partial charge in [0.05, 0.1) is 19.9 Å². The van der Waals surface area contributed by atoms with Gasteiger partial charge < -0.3 is 29.9 Å². The molecule has 0 amide bonds. The summed E-state index contributed by atoms with van der Waals surface area (Å²) < 4.78 is 10.7. The average molecular weight is 435 g/mol. The summed E-state index contributed by atoms with van der Waals surface area (Å²) in [5.41, 5.74) is 3.03. The minimum Gasteiger partial charge on any atom is -0.497 e. The van der Waals surface area contributed by atoms with Gasteiger partial charge in [-0.3, -0.25) is 0 Å². The predicted molar refractivity (Wildman–Crippen MR) is 129 cm³/mol. The van der Waals surface area contributed by atoms with Gasteiger partial charge in [0.2, 0.25) is 0 Å². The molecule has 0 bridgehead atoms. The van der Waals surface area contributed by atoms with Gasteiger partial charge in [-0.15, -0.1) is 0 Å². The Bertz CT molecular complexity index is 1020. The molecule has 3 aromatic rings. The first-order chi connectivity index (χ1) is 15.7. The number of nitrogens with one attached hydrogen (secondary N) is 2. The molecule has 8 nitrogen and oxygen atoms in total. The highest BCUT2D eigenvalue weighted by Crippen LogP contribution is 2.31. The van der Waals surface area contributed by atoms with Crippen molar-refractivity contribution in [1.82, 2.24) is 14.9 Å². The van der Waals surface area contributed by atoms with E-state index in [-0.39, 0.29) is 0 Å².